The van der Waals surface area contributed by atoms with E-state index in [0.29, 0.717) is 36.9 Å². The first-order valence-electron chi connectivity index (χ1n) is 8.63. The normalized spacial score (nSPS) is 18.4. The Kier molecular flexibility index (Phi) is 4.27. The number of hydrogen-bond donors (Lipinski definition) is 0. The van der Waals surface area contributed by atoms with Gasteiger partial charge in [-0.05, 0) is 36.6 Å². The maximum absolute atomic E-state index is 11.5. The maximum Gasteiger partial charge on any atom is 0.299 e. The number of nitro benzene ring substituents is 2. The molecule has 0 amide bonds. The fraction of sp³-hybridized carbons (Fsp3) is 0.333. The number of non-ortho nitro benzene ring substituents is 1. The van der Waals surface area contributed by atoms with Crippen molar-refractivity contribution < 1.29 is 19.3 Å². The van der Waals surface area contributed by atoms with E-state index in [4.69, 9.17) is 9.47 Å². The van der Waals surface area contributed by atoms with Gasteiger partial charge in [0.05, 0.1) is 22.0 Å². The van der Waals surface area contributed by atoms with Crippen molar-refractivity contribution in [3.8, 4) is 11.5 Å². The molecule has 0 N–H and O–H groups in total. The Labute approximate surface area is 154 Å². The first-order chi connectivity index (χ1) is 13.0. The van der Waals surface area contributed by atoms with Crippen molar-refractivity contribution in [2.75, 3.05) is 24.7 Å². The molecule has 1 fully saturated rings. The van der Waals surface area contributed by atoms with Crippen molar-refractivity contribution in [3.63, 3.8) is 0 Å². The molecule has 9 heteroatoms. The fourth-order valence-corrected chi connectivity index (χ4v) is 3.68. The second-order valence-electron chi connectivity index (χ2n) is 6.44. The number of nitro groups is 2. The molecule has 2 aromatic rings. The number of benzene rings is 2. The van der Waals surface area contributed by atoms with Gasteiger partial charge in [-0.2, -0.15) is 0 Å². The molecule has 0 spiro atoms. The fourth-order valence-electron chi connectivity index (χ4n) is 3.68. The lowest BCUT2D eigenvalue weighted by Crippen LogP contribution is -2.24. The molecule has 2 aliphatic heterocycles. The van der Waals surface area contributed by atoms with E-state index in [-0.39, 0.29) is 17.4 Å². The predicted molar refractivity (Wildman–Crippen MR) is 96.5 cm³/mol. The van der Waals surface area contributed by atoms with Gasteiger partial charge in [0.25, 0.3) is 11.4 Å². The summed E-state index contributed by atoms with van der Waals surface area (Å²) in [4.78, 5) is 23.2. The highest BCUT2D eigenvalue weighted by atomic mass is 16.6. The number of anilines is 1. The van der Waals surface area contributed by atoms with Gasteiger partial charge in [-0.15, -0.1) is 0 Å². The molecule has 0 saturated carbocycles. The topological polar surface area (TPSA) is 108 Å². The van der Waals surface area contributed by atoms with Crippen molar-refractivity contribution in [3.05, 3.63) is 62.2 Å². The van der Waals surface area contributed by atoms with Crippen LogP contribution in [0.15, 0.2) is 36.4 Å². The summed E-state index contributed by atoms with van der Waals surface area (Å²) in [6.45, 7) is 1.63. The monoisotopic (exact) mass is 371 g/mol. The van der Waals surface area contributed by atoms with Crippen LogP contribution in [0.25, 0.3) is 0 Å². The average molecular weight is 371 g/mol. The second-order valence-corrected chi connectivity index (χ2v) is 6.44. The Morgan fingerprint density at radius 2 is 1.74 bits per heavy atom. The van der Waals surface area contributed by atoms with Gasteiger partial charge in [-0.25, -0.2) is 0 Å². The number of hydrogen-bond acceptors (Lipinski definition) is 7. The summed E-state index contributed by atoms with van der Waals surface area (Å²) in [6.07, 6.45) is 1.70. The van der Waals surface area contributed by atoms with Gasteiger partial charge >= 0.3 is 0 Å². The molecule has 140 valence electrons. The van der Waals surface area contributed by atoms with E-state index in [0.717, 1.165) is 24.5 Å². The Bertz CT molecular complexity index is 916. The van der Waals surface area contributed by atoms with Gasteiger partial charge in [0, 0.05) is 12.6 Å². The van der Waals surface area contributed by atoms with Gasteiger partial charge in [0.1, 0.15) is 18.9 Å². The lowest BCUT2D eigenvalue weighted by atomic mass is 10.0. The Hall–Kier alpha value is -3.36. The van der Waals surface area contributed by atoms with Crippen LogP contribution in [-0.4, -0.2) is 29.6 Å². The smallest absolute Gasteiger partial charge is 0.299 e. The van der Waals surface area contributed by atoms with Gasteiger partial charge < -0.3 is 14.4 Å². The summed E-state index contributed by atoms with van der Waals surface area (Å²) in [7, 11) is 0. The highest BCUT2D eigenvalue weighted by Gasteiger charge is 2.32. The van der Waals surface area contributed by atoms with E-state index in [1.54, 1.807) is 0 Å². The predicted octanol–water partition coefficient (Wildman–Crippen LogP) is 3.62. The van der Waals surface area contributed by atoms with Crippen molar-refractivity contribution in [1.29, 1.82) is 0 Å². The molecule has 0 aromatic heterocycles. The number of rotatable bonds is 4. The molecule has 0 bridgehead atoms. The average Bonchev–Trinajstić information content (AvgIpc) is 3.16. The summed E-state index contributed by atoms with van der Waals surface area (Å²) in [5, 5.41) is 22.5. The molecule has 9 nitrogen and oxygen atoms in total. The molecule has 2 aliphatic rings. The van der Waals surface area contributed by atoms with E-state index >= 15 is 0 Å². The zero-order chi connectivity index (χ0) is 19.0. The standard InChI is InChI=1S/C18H17N3O6/c22-20(23)13-4-5-15(16(11-13)21(24)25)19-7-1-2-14(19)12-3-6-17-18(10-12)27-9-8-26-17/h3-6,10-11,14H,1-2,7-9H2/t14-/m1/s1. The molecule has 4 rings (SSSR count). The van der Waals surface area contributed by atoms with E-state index in [1.807, 2.05) is 23.1 Å². The zero-order valence-electron chi connectivity index (χ0n) is 14.4. The minimum atomic E-state index is -0.626. The Morgan fingerprint density at radius 1 is 0.963 bits per heavy atom. The molecule has 0 radical (unpaired) electrons. The van der Waals surface area contributed by atoms with Crippen molar-refractivity contribution in [2.45, 2.75) is 18.9 Å². The van der Waals surface area contributed by atoms with Crippen LogP contribution in [0.2, 0.25) is 0 Å². The number of nitrogens with zero attached hydrogens (tertiary/aromatic N) is 3. The molecule has 1 atom stereocenters. The molecule has 1 saturated heterocycles. The van der Waals surface area contributed by atoms with Gasteiger partial charge in [0.15, 0.2) is 11.5 Å². The van der Waals surface area contributed by atoms with Crippen LogP contribution in [0.5, 0.6) is 11.5 Å². The molecular weight excluding hydrogens is 354 g/mol. The van der Waals surface area contributed by atoms with Gasteiger partial charge in [-0.1, -0.05) is 6.07 Å². The molecule has 2 aromatic carbocycles. The van der Waals surface area contributed by atoms with E-state index in [1.165, 1.54) is 12.1 Å². The number of ether oxygens (including phenoxy) is 2. The van der Waals surface area contributed by atoms with Crippen LogP contribution in [0, 0.1) is 20.2 Å². The van der Waals surface area contributed by atoms with Crippen LogP contribution >= 0.6 is 0 Å². The highest BCUT2D eigenvalue weighted by Crippen LogP contribution is 2.43. The van der Waals surface area contributed by atoms with Gasteiger partial charge in [-0.3, -0.25) is 20.2 Å². The summed E-state index contributed by atoms with van der Waals surface area (Å²) in [6, 6.07) is 9.43. The summed E-state index contributed by atoms with van der Waals surface area (Å²) >= 11 is 0. The maximum atomic E-state index is 11.5. The third kappa shape index (κ3) is 3.12. The molecule has 2 heterocycles. The summed E-state index contributed by atoms with van der Waals surface area (Å²) < 4.78 is 11.2. The van der Waals surface area contributed by atoms with Crippen LogP contribution in [0.4, 0.5) is 17.1 Å². The molecule has 0 aliphatic carbocycles. The van der Waals surface area contributed by atoms with Crippen molar-refractivity contribution in [1.82, 2.24) is 0 Å². The largest absolute Gasteiger partial charge is 0.486 e. The SMILES string of the molecule is O=[N+]([O-])c1ccc(N2CCC[C@@H]2c2ccc3c(c2)OCCO3)c([N+](=O)[O-])c1. The first-order valence-corrected chi connectivity index (χ1v) is 8.63. The minimum absolute atomic E-state index is 0.0685. The molecular formula is C18H17N3O6. The Balaban J connectivity index is 1.71. The Morgan fingerprint density at radius 3 is 2.48 bits per heavy atom. The van der Waals surface area contributed by atoms with Crippen molar-refractivity contribution in [2.24, 2.45) is 0 Å². The summed E-state index contributed by atoms with van der Waals surface area (Å²) in [5.74, 6) is 1.36. The van der Waals surface area contributed by atoms with Gasteiger partial charge in [0.2, 0.25) is 0 Å². The second kappa shape index (κ2) is 6.75. The molecule has 0 unspecified atom stereocenters. The van der Waals surface area contributed by atoms with Crippen LogP contribution in [0.3, 0.4) is 0 Å². The third-order valence-electron chi connectivity index (χ3n) is 4.88. The van der Waals surface area contributed by atoms with E-state index in [2.05, 4.69) is 0 Å². The third-order valence-corrected chi connectivity index (χ3v) is 4.88. The lowest BCUT2D eigenvalue weighted by Gasteiger charge is -2.28. The highest BCUT2D eigenvalue weighted by molar-refractivity contribution is 5.68. The summed E-state index contributed by atoms with van der Waals surface area (Å²) in [5.41, 5.74) is 0.821. The first kappa shape index (κ1) is 17.1. The van der Waals surface area contributed by atoms with Crippen LogP contribution in [-0.2, 0) is 0 Å². The zero-order valence-corrected chi connectivity index (χ0v) is 14.4. The van der Waals surface area contributed by atoms with E-state index < -0.39 is 9.85 Å². The molecule has 27 heavy (non-hydrogen) atoms. The van der Waals surface area contributed by atoms with E-state index in [9.17, 15) is 20.2 Å². The number of fused-ring (bicyclic) bond motifs is 1. The lowest BCUT2D eigenvalue weighted by molar-refractivity contribution is -0.393. The van der Waals surface area contributed by atoms with Crippen molar-refractivity contribution >= 4 is 17.1 Å². The quantitative estimate of drug-likeness (QED) is 0.596. The minimum Gasteiger partial charge on any atom is -0.486 e. The van der Waals surface area contributed by atoms with Crippen LogP contribution in [0.1, 0.15) is 24.4 Å². The van der Waals surface area contributed by atoms with Crippen LogP contribution < -0.4 is 14.4 Å².